The van der Waals surface area contributed by atoms with Gasteiger partial charge in [0, 0.05) is 30.9 Å². The molecule has 0 aliphatic carbocycles. The van der Waals surface area contributed by atoms with Crippen molar-refractivity contribution in [2.75, 3.05) is 18.0 Å². The molecule has 0 spiro atoms. The van der Waals surface area contributed by atoms with Crippen LogP contribution in [0.25, 0.3) is 0 Å². The summed E-state index contributed by atoms with van der Waals surface area (Å²) in [6.07, 6.45) is 0. The van der Waals surface area contributed by atoms with Crippen LogP contribution in [0.3, 0.4) is 0 Å². The molecular weight excluding hydrogens is 221 g/mol. The Morgan fingerprint density at radius 3 is 3.06 bits per heavy atom. The number of hydrogen-bond acceptors (Lipinski definition) is 3. The number of amides is 1. The van der Waals surface area contributed by atoms with Gasteiger partial charge in [-0.1, -0.05) is 6.07 Å². The van der Waals surface area contributed by atoms with Crippen molar-refractivity contribution in [1.29, 1.82) is 0 Å². The number of nitrogens with zero attached hydrogens (tertiary/aromatic N) is 1. The summed E-state index contributed by atoms with van der Waals surface area (Å²) in [5.41, 5.74) is 6.76. The summed E-state index contributed by atoms with van der Waals surface area (Å²) in [6.45, 7) is 3.18. The Kier molecular flexibility index (Phi) is 3.28. The average Bonchev–Trinajstić information content (AvgIpc) is 2.32. The smallest absolute Gasteiger partial charge is 0.242 e. The van der Waals surface area contributed by atoms with Crippen LogP contribution in [0.1, 0.15) is 12.5 Å². The van der Waals surface area contributed by atoms with Gasteiger partial charge >= 0.3 is 0 Å². The van der Waals surface area contributed by atoms with E-state index in [9.17, 15) is 9.18 Å². The summed E-state index contributed by atoms with van der Waals surface area (Å²) in [5.74, 6) is -0.355. The second-order valence-electron chi connectivity index (χ2n) is 4.10. The van der Waals surface area contributed by atoms with E-state index in [2.05, 4.69) is 5.32 Å². The summed E-state index contributed by atoms with van der Waals surface area (Å²) in [6, 6.07) is 4.54. The molecule has 4 nitrogen and oxygen atoms in total. The lowest BCUT2D eigenvalue weighted by Crippen LogP contribution is -2.54. The maximum atomic E-state index is 13.6. The van der Waals surface area contributed by atoms with E-state index < -0.39 is 0 Å². The van der Waals surface area contributed by atoms with Crippen molar-refractivity contribution in [2.24, 2.45) is 5.73 Å². The zero-order chi connectivity index (χ0) is 12.4. The van der Waals surface area contributed by atoms with E-state index in [-0.39, 0.29) is 24.3 Å². The van der Waals surface area contributed by atoms with Gasteiger partial charge in [-0.25, -0.2) is 4.39 Å². The van der Waals surface area contributed by atoms with Crippen molar-refractivity contribution in [1.82, 2.24) is 5.32 Å². The van der Waals surface area contributed by atoms with Crippen molar-refractivity contribution < 1.29 is 9.18 Å². The van der Waals surface area contributed by atoms with Crippen LogP contribution in [0.5, 0.6) is 0 Å². The van der Waals surface area contributed by atoms with Crippen LogP contribution in [0.4, 0.5) is 10.1 Å². The van der Waals surface area contributed by atoms with Gasteiger partial charge in [-0.2, -0.15) is 0 Å². The van der Waals surface area contributed by atoms with Gasteiger partial charge in [0.25, 0.3) is 0 Å². The highest BCUT2D eigenvalue weighted by Gasteiger charge is 2.27. The number of carbonyl (C=O) groups is 1. The lowest BCUT2D eigenvalue weighted by Gasteiger charge is -2.35. The summed E-state index contributed by atoms with van der Waals surface area (Å²) < 4.78 is 13.6. The number of halogens is 1. The molecule has 92 valence electrons. The Morgan fingerprint density at radius 2 is 2.35 bits per heavy atom. The summed E-state index contributed by atoms with van der Waals surface area (Å²) >= 11 is 0. The third-order valence-corrected chi connectivity index (χ3v) is 3.11. The van der Waals surface area contributed by atoms with Crippen LogP contribution < -0.4 is 16.0 Å². The fourth-order valence-electron chi connectivity index (χ4n) is 2.13. The Bertz CT molecular complexity index is 436. The van der Waals surface area contributed by atoms with Crippen LogP contribution in [-0.4, -0.2) is 25.0 Å². The van der Waals surface area contributed by atoms with E-state index in [0.29, 0.717) is 18.7 Å². The maximum Gasteiger partial charge on any atom is 0.242 e. The number of nitrogens with two attached hydrogens (primary N) is 1. The summed E-state index contributed by atoms with van der Waals surface area (Å²) in [4.78, 5) is 13.5. The molecule has 0 bridgehead atoms. The molecular formula is C12H16FN3O. The number of rotatable bonds is 2. The van der Waals surface area contributed by atoms with Crippen LogP contribution in [0, 0.1) is 5.82 Å². The van der Waals surface area contributed by atoms with Crippen molar-refractivity contribution >= 4 is 11.6 Å². The lowest BCUT2D eigenvalue weighted by atomic mass is 10.1. The van der Waals surface area contributed by atoms with E-state index in [0.717, 1.165) is 5.69 Å². The van der Waals surface area contributed by atoms with Gasteiger partial charge in [0.1, 0.15) is 11.9 Å². The molecule has 0 aromatic heterocycles. The standard InChI is InChI=1S/C12H16FN3O/c1-8-12(17)15-5-6-16(8)11-4-2-3-10(13)9(11)7-14/h2-4,8H,5-7,14H2,1H3,(H,15,17). The fraction of sp³-hybridized carbons (Fsp3) is 0.417. The zero-order valence-electron chi connectivity index (χ0n) is 9.74. The molecule has 17 heavy (non-hydrogen) atoms. The Morgan fingerprint density at radius 1 is 1.59 bits per heavy atom. The van der Waals surface area contributed by atoms with Crippen molar-refractivity contribution in [2.45, 2.75) is 19.5 Å². The second kappa shape index (κ2) is 4.71. The molecule has 2 rings (SSSR count). The highest BCUT2D eigenvalue weighted by molar-refractivity contribution is 5.86. The molecule has 1 atom stereocenters. The molecule has 1 saturated heterocycles. The predicted molar refractivity (Wildman–Crippen MR) is 64.1 cm³/mol. The van der Waals surface area contributed by atoms with Crippen LogP contribution in [0.2, 0.25) is 0 Å². The first-order chi connectivity index (χ1) is 8.15. The third kappa shape index (κ3) is 2.10. The molecule has 5 heteroatoms. The van der Waals surface area contributed by atoms with Gasteiger partial charge in [-0.15, -0.1) is 0 Å². The normalized spacial score (nSPS) is 20.3. The van der Waals surface area contributed by atoms with E-state index in [4.69, 9.17) is 5.73 Å². The van der Waals surface area contributed by atoms with Gasteiger partial charge in [-0.05, 0) is 19.1 Å². The summed E-state index contributed by atoms with van der Waals surface area (Å²) in [7, 11) is 0. The topological polar surface area (TPSA) is 58.4 Å². The Labute approximate surface area is 99.6 Å². The number of hydrogen-bond donors (Lipinski definition) is 2. The first kappa shape index (κ1) is 11.9. The minimum Gasteiger partial charge on any atom is -0.358 e. The highest BCUT2D eigenvalue weighted by atomic mass is 19.1. The molecule has 1 aliphatic heterocycles. The number of benzene rings is 1. The third-order valence-electron chi connectivity index (χ3n) is 3.11. The number of carbonyl (C=O) groups excluding carboxylic acids is 1. The van der Waals surface area contributed by atoms with Crippen molar-refractivity contribution in [3.8, 4) is 0 Å². The molecule has 1 amide bonds. The Balaban J connectivity index is 2.39. The SMILES string of the molecule is CC1C(=O)NCCN1c1cccc(F)c1CN. The predicted octanol–water partition coefficient (Wildman–Crippen LogP) is 0.609. The molecule has 0 saturated carbocycles. The van der Waals surface area contributed by atoms with E-state index in [1.807, 2.05) is 4.90 Å². The second-order valence-corrected chi connectivity index (χ2v) is 4.10. The number of anilines is 1. The minimum atomic E-state index is -0.316. The molecule has 1 heterocycles. The quantitative estimate of drug-likeness (QED) is 0.792. The number of nitrogens with one attached hydrogen (secondary N) is 1. The van der Waals surface area contributed by atoms with Gasteiger partial charge < -0.3 is 16.0 Å². The molecule has 0 radical (unpaired) electrons. The molecule has 1 unspecified atom stereocenters. The van der Waals surface area contributed by atoms with Gasteiger partial charge in [0.15, 0.2) is 0 Å². The van der Waals surface area contributed by atoms with E-state index >= 15 is 0 Å². The first-order valence-electron chi connectivity index (χ1n) is 5.67. The van der Waals surface area contributed by atoms with Gasteiger partial charge in [-0.3, -0.25) is 4.79 Å². The minimum absolute atomic E-state index is 0.0384. The van der Waals surface area contributed by atoms with Crippen molar-refractivity contribution in [3.05, 3.63) is 29.6 Å². The van der Waals surface area contributed by atoms with Crippen LogP contribution >= 0.6 is 0 Å². The monoisotopic (exact) mass is 237 g/mol. The maximum absolute atomic E-state index is 13.6. The Hall–Kier alpha value is -1.62. The summed E-state index contributed by atoms with van der Waals surface area (Å²) in [5, 5.41) is 2.78. The molecule has 1 aromatic carbocycles. The van der Waals surface area contributed by atoms with E-state index in [1.54, 1.807) is 19.1 Å². The largest absolute Gasteiger partial charge is 0.358 e. The van der Waals surface area contributed by atoms with E-state index in [1.165, 1.54) is 6.07 Å². The highest BCUT2D eigenvalue weighted by Crippen LogP contribution is 2.25. The molecule has 1 aliphatic rings. The molecule has 1 aromatic rings. The lowest BCUT2D eigenvalue weighted by molar-refractivity contribution is -0.122. The molecule has 1 fully saturated rings. The number of piperazine rings is 1. The van der Waals surface area contributed by atoms with Crippen molar-refractivity contribution in [3.63, 3.8) is 0 Å². The van der Waals surface area contributed by atoms with Gasteiger partial charge in [0.2, 0.25) is 5.91 Å². The first-order valence-corrected chi connectivity index (χ1v) is 5.67. The zero-order valence-corrected chi connectivity index (χ0v) is 9.74. The van der Waals surface area contributed by atoms with Crippen LogP contribution in [-0.2, 0) is 11.3 Å². The van der Waals surface area contributed by atoms with Gasteiger partial charge in [0.05, 0.1) is 0 Å². The molecule has 3 N–H and O–H groups in total. The average molecular weight is 237 g/mol. The van der Waals surface area contributed by atoms with Crippen LogP contribution in [0.15, 0.2) is 18.2 Å². The fourth-order valence-corrected chi connectivity index (χ4v) is 2.13.